The van der Waals surface area contributed by atoms with Crippen molar-refractivity contribution in [1.82, 2.24) is 19.8 Å². The molecule has 4 aromatic rings. The number of hydrogen-bond donors (Lipinski definition) is 2. The van der Waals surface area contributed by atoms with Gasteiger partial charge in [-0.3, -0.25) is 19.0 Å². The van der Waals surface area contributed by atoms with E-state index in [1.165, 1.54) is 4.57 Å². The Hall–Kier alpha value is -3.85. The van der Waals surface area contributed by atoms with Crippen LogP contribution in [0.3, 0.4) is 0 Å². The number of carbonyl (C=O) groups excluding carboxylic acids is 2. The molecule has 36 heavy (non-hydrogen) atoms. The number of furan rings is 1. The molecule has 2 amide bonds. The smallest absolute Gasteiger partial charge is 0.332 e. The summed E-state index contributed by atoms with van der Waals surface area (Å²) in [7, 11) is 0. The number of carbonyl (C=O) groups is 2. The van der Waals surface area contributed by atoms with Gasteiger partial charge < -0.3 is 15.1 Å². The summed E-state index contributed by atoms with van der Waals surface area (Å²) >= 11 is 6.17. The van der Waals surface area contributed by atoms with Crippen LogP contribution in [0, 0.1) is 0 Å². The lowest BCUT2D eigenvalue weighted by molar-refractivity contribution is -0.122. The molecule has 5 rings (SSSR count). The third-order valence-corrected chi connectivity index (χ3v) is 6.87. The molecule has 0 radical (unpaired) electrons. The minimum atomic E-state index is -0.756. The topological polar surface area (TPSA) is 115 Å². The number of benzene rings is 2. The average Bonchev–Trinajstić information content (AvgIpc) is 3.52. The lowest BCUT2D eigenvalue weighted by Crippen LogP contribution is -2.46. The number of fused-ring (bicyclic) bond motifs is 3. The van der Waals surface area contributed by atoms with E-state index in [0.717, 1.165) is 35.8 Å². The van der Waals surface area contributed by atoms with Crippen molar-refractivity contribution in [3.05, 3.63) is 80.0 Å². The molecule has 0 unspecified atom stereocenters. The van der Waals surface area contributed by atoms with Crippen molar-refractivity contribution in [2.45, 2.75) is 51.4 Å². The van der Waals surface area contributed by atoms with Gasteiger partial charge in [-0.25, -0.2) is 9.36 Å². The summed E-state index contributed by atoms with van der Waals surface area (Å²) in [4.78, 5) is 52.3. The van der Waals surface area contributed by atoms with Gasteiger partial charge in [-0.15, -0.1) is 0 Å². The zero-order valence-corrected chi connectivity index (χ0v) is 20.2. The molecule has 186 valence electrons. The molecule has 2 aromatic carbocycles. The molecule has 10 heteroatoms. The molecule has 1 fully saturated rings. The fourth-order valence-corrected chi connectivity index (χ4v) is 4.91. The molecule has 0 aliphatic heterocycles. The zero-order chi connectivity index (χ0) is 25.2. The third-order valence-electron chi connectivity index (χ3n) is 6.50. The van der Waals surface area contributed by atoms with Crippen LogP contribution in [0.1, 0.15) is 31.2 Å². The van der Waals surface area contributed by atoms with Crippen molar-refractivity contribution in [2.75, 3.05) is 0 Å². The summed E-state index contributed by atoms with van der Waals surface area (Å²) in [5.41, 5.74) is -0.187. The maximum absolute atomic E-state index is 13.5. The van der Waals surface area contributed by atoms with Crippen molar-refractivity contribution in [2.24, 2.45) is 0 Å². The summed E-state index contributed by atoms with van der Waals surface area (Å²) in [6, 6.07) is 14.1. The summed E-state index contributed by atoms with van der Waals surface area (Å²) in [5, 5.41) is 6.70. The van der Waals surface area contributed by atoms with Gasteiger partial charge in [0.25, 0.3) is 5.56 Å². The first-order valence-electron chi connectivity index (χ1n) is 11.9. The van der Waals surface area contributed by atoms with Crippen LogP contribution in [0.4, 0.5) is 0 Å². The number of para-hydroxylation sites is 1. The number of amides is 2. The quantitative estimate of drug-likeness (QED) is 0.398. The Morgan fingerprint density at radius 3 is 2.42 bits per heavy atom. The highest BCUT2D eigenvalue weighted by atomic mass is 35.5. The van der Waals surface area contributed by atoms with Crippen molar-refractivity contribution < 1.29 is 14.0 Å². The van der Waals surface area contributed by atoms with Gasteiger partial charge in [0.2, 0.25) is 17.4 Å². The second kappa shape index (κ2) is 10.0. The number of halogens is 1. The van der Waals surface area contributed by atoms with E-state index in [9.17, 15) is 19.2 Å². The van der Waals surface area contributed by atoms with Crippen LogP contribution >= 0.6 is 11.6 Å². The van der Waals surface area contributed by atoms with E-state index in [1.54, 1.807) is 42.5 Å². The van der Waals surface area contributed by atoms with Crippen LogP contribution in [0.15, 0.2) is 62.5 Å². The van der Waals surface area contributed by atoms with Crippen LogP contribution in [0.2, 0.25) is 5.02 Å². The van der Waals surface area contributed by atoms with Gasteiger partial charge in [-0.2, -0.15) is 0 Å². The average molecular weight is 509 g/mol. The first kappa shape index (κ1) is 23.9. The molecule has 0 saturated heterocycles. The zero-order valence-electron chi connectivity index (χ0n) is 19.5. The Bertz CT molecular complexity index is 1580. The van der Waals surface area contributed by atoms with Crippen LogP contribution in [-0.2, 0) is 29.2 Å². The highest BCUT2D eigenvalue weighted by molar-refractivity contribution is 6.31. The SMILES string of the molecule is O=C(Cn1c(=O)n(CC(=O)NC2CCCC2)c(=O)c2oc3ccccc3c21)NCc1ccccc1Cl. The highest BCUT2D eigenvalue weighted by Crippen LogP contribution is 2.25. The van der Waals surface area contributed by atoms with Crippen molar-refractivity contribution >= 4 is 45.5 Å². The van der Waals surface area contributed by atoms with E-state index in [0.29, 0.717) is 16.0 Å². The second-order valence-corrected chi connectivity index (χ2v) is 9.36. The number of aromatic nitrogens is 2. The van der Waals surface area contributed by atoms with Crippen LogP contribution in [0.25, 0.3) is 22.1 Å². The minimum Gasteiger partial charge on any atom is -0.449 e. The number of hydrogen-bond acceptors (Lipinski definition) is 5. The molecule has 1 aliphatic carbocycles. The number of nitrogens with zero attached hydrogens (tertiary/aromatic N) is 2. The van der Waals surface area contributed by atoms with Gasteiger partial charge in [0.15, 0.2) is 0 Å². The maximum Gasteiger partial charge on any atom is 0.332 e. The van der Waals surface area contributed by atoms with Gasteiger partial charge in [-0.1, -0.05) is 54.8 Å². The van der Waals surface area contributed by atoms with Crippen LogP contribution in [-0.4, -0.2) is 27.0 Å². The summed E-state index contributed by atoms with van der Waals surface area (Å²) in [6.45, 7) is -0.651. The van der Waals surface area contributed by atoms with Gasteiger partial charge >= 0.3 is 5.69 Å². The van der Waals surface area contributed by atoms with E-state index >= 15 is 0 Å². The molecule has 1 aliphatic rings. The van der Waals surface area contributed by atoms with Crippen LogP contribution in [0.5, 0.6) is 0 Å². The predicted molar refractivity (Wildman–Crippen MR) is 136 cm³/mol. The normalized spacial score (nSPS) is 13.9. The third kappa shape index (κ3) is 4.66. The first-order chi connectivity index (χ1) is 17.4. The van der Waals surface area contributed by atoms with Crippen LogP contribution < -0.4 is 21.9 Å². The Balaban J connectivity index is 1.51. The molecule has 2 N–H and O–H groups in total. The Kier molecular flexibility index (Phi) is 6.65. The second-order valence-electron chi connectivity index (χ2n) is 8.95. The molecular formula is C26H25ClN4O5. The lowest BCUT2D eigenvalue weighted by atomic mass is 10.2. The number of rotatable bonds is 7. The fraction of sp³-hybridized carbons (Fsp3) is 0.308. The van der Waals surface area contributed by atoms with E-state index in [4.69, 9.17) is 16.0 Å². The molecule has 9 nitrogen and oxygen atoms in total. The maximum atomic E-state index is 13.5. The Morgan fingerprint density at radius 1 is 0.944 bits per heavy atom. The monoisotopic (exact) mass is 508 g/mol. The van der Waals surface area contributed by atoms with Crippen molar-refractivity contribution in [3.63, 3.8) is 0 Å². The largest absolute Gasteiger partial charge is 0.449 e. The fourth-order valence-electron chi connectivity index (χ4n) is 4.70. The summed E-state index contributed by atoms with van der Waals surface area (Å²) < 4.78 is 7.80. The molecule has 1 saturated carbocycles. The molecule has 0 atom stereocenters. The Labute approximate surface area is 210 Å². The molecule has 2 aromatic heterocycles. The van der Waals surface area contributed by atoms with Crippen molar-refractivity contribution in [3.8, 4) is 0 Å². The van der Waals surface area contributed by atoms with E-state index in [1.807, 2.05) is 6.07 Å². The molecule has 0 spiro atoms. The van der Waals surface area contributed by atoms with E-state index in [2.05, 4.69) is 10.6 Å². The standard InChI is InChI=1S/C26H25ClN4O5/c27-19-11-5-1-7-16(19)13-28-21(32)14-30-23-18-10-4-6-12-20(18)36-24(23)25(34)31(26(30)35)15-22(33)29-17-8-2-3-9-17/h1,4-7,10-12,17H,2-3,8-9,13-15H2,(H,28,32)(H,29,33). The number of nitrogens with one attached hydrogen (secondary N) is 2. The lowest BCUT2D eigenvalue weighted by Gasteiger charge is -2.14. The van der Waals surface area contributed by atoms with Gasteiger partial charge in [0, 0.05) is 23.0 Å². The minimum absolute atomic E-state index is 0.0425. The first-order valence-corrected chi connectivity index (χ1v) is 12.2. The van der Waals surface area contributed by atoms with Gasteiger partial charge in [-0.05, 0) is 36.6 Å². The van der Waals surface area contributed by atoms with E-state index in [-0.39, 0.29) is 30.2 Å². The van der Waals surface area contributed by atoms with Gasteiger partial charge in [0.05, 0.1) is 0 Å². The van der Waals surface area contributed by atoms with Gasteiger partial charge in [0.1, 0.15) is 24.2 Å². The highest BCUT2D eigenvalue weighted by Gasteiger charge is 2.24. The van der Waals surface area contributed by atoms with E-state index < -0.39 is 29.6 Å². The Morgan fingerprint density at radius 2 is 1.64 bits per heavy atom. The molecule has 2 heterocycles. The molecule has 0 bridgehead atoms. The van der Waals surface area contributed by atoms with Crippen molar-refractivity contribution in [1.29, 1.82) is 0 Å². The summed E-state index contributed by atoms with van der Waals surface area (Å²) in [6.07, 6.45) is 3.82. The summed E-state index contributed by atoms with van der Waals surface area (Å²) in [5.74, 6) is -0.879. The molecular weight excluding hydrogens is 484 g/mol. The predicted octanol–water partition coefficient (Wildman–Crippen LogP) is 2.94.